The number of fused-ring (bicyclic) bond motifs is 3. The Labute approximate surface area is 184 Å². The highest BCUT2D eigenvalue weighted by Crippen LogP contribution is 2.69. The number of pyridine rings is 1. The number of carbonyl (C=O) groups is 1. The lowest BCUT2D eigenvalue weighted by Gasteiger charge is -2.40. The molecule has 1 aromatic heterocycles. The van der Waals surface area contributed by atoms with Crippen LogP contribution in [0.3, 0.4) is 0 Å². The number of aliphatic carboxylic acids is 1. The van der Waals surface area contributed by atoms with Crippen LogP contribution in [0.2, 0.25) is 0 Å². The monoisotopic (exact) mass is 433 g/mol. The number of ether oxygens (including phenoxy) is 2. The molecule has 1 aliphatic carbocycles. The summed E-state index contributed by atoms with van der Waals surface area (Å²) in [4.78, 5) is 16.6. The molecule has 164 valence electrons. The molecular formula is C25H23NO6. The number of rotatable bonds is 4. The van der Waals surface area contributed by atoms with E-state index in [0.717, 1.165) is 5.56 Å². The first kappa shape index (κ1) is 20.5. The van der Waals surface area contributed by atoms with Gasteiger partial charge in [0, 0.05) is 5.92 Å². The second kappa shape index (κ2) is 7.05. The first-order valence-corrected chi connectivity index (χ1v) is 10.3. The van der Waals surface area contributed by atoms with Gasteiger partial charge in [-0.05, 0) is 18.1 Å². The molecule has 5 unspecified atom stereocenters. The number of aromatic nitrogens is 1. The molecule has 0 saturated heterocycles. The van der Waals surface area contributed by atoms with E-state index in [4.69, 9.17) is 9.47 Å². The second-order valence-corrected chi connectivity index (χ2v) is 8.38. The lowest BCUT2D eigenvalue weighted by Crippen LogP contribution is -2.52. The van der Waals surface area contributed by atoms with Crippen LogP contribution in [0.4, 0.5) is 0 Å². The van der Waals surface area contributed by atoms with Crippen molar-refractivity contribution in [2.24, 2.45) is 5.92 Å². The minimum absolute atomic E-state index is 0.202. The third-order valence-corrected chi connectivity index (χ3v) is 6.80. The summed E-state index contributed by atoms with van der Waals surface area (Å²) in [5.74, 6) is -3.00. The van der Waals surface area contributed by atoms with Crippen LogP contribution in [0.15, 0.2) is 67.0 Å². The number of hydrogen-bond acceptors (Lipinski definition) is 6. The Hall–Kier alpha value is -3.42. The molecule has 32 heavy (non-hydrogen) atoms. The zero-order chi connectivity index (χ0) is 22.7. The maximum Gasteiger partial charge on any atom is 0.310 e. The largest absolute Gasteiger partial charge is 0.495 e. The van der Waals surface area contributed by atoms with E-state index < -0.39 is 35.1 Å². The standard InChI is InChI=1S/C25H23NO6/c1-14-8-10-16(11-9-14)25-20(15-6-4-3-5-7-15)19(23(28)29)22(27)24(25,30)21-17(31-2)12-26-13-18(21)32-25/h3-13,19-20,22,27,30H,1-2H3,(H,28,29). The number of benzene rings is 2. The summed E-state index contributed by atoms with van der Waals surface area (Å²) in [6, 6.07) is 16.3. The molecule has 7 heteroatoms. The van der Waals surface area contributed by atoms with Gasteiger partial charge in [-0.3, -0.25) is 9.78 Å². The molecule has 2 aromatic carbocycles. The third kappa shape index (κ3) is 2.43. The van der Waals surface area contributed by atoms with Crippen molar-refractivity contribution in [1.82, 2.24) is 4.98 Å². The number of carboxylic acids is 1. The molecule has 5 atom stereocenters. The number of hydrogen-bond donors (Lipinski definition) is 3. The van der Waals surface area contributed by atoms with Crippen molar-refractivity contribution >= 4 is 5.97 Å². The summed E-state index contributed by atoms with van der Waals surface area (Å²) in [6.45, 7) is 1.93. The van der Waals surface area contributed by atoms with Crippen molar-refractivity contribution in [3.8, 4) is 11.5 Å². The van der Waals surface area contributed by atoms with Gasteiger partial charge in [0.25, 0.3) is 0 Å². The topological polar surface area (TPSA) is 109 Å². The van der Waals surface area contributed by atoms with E-state index in [2.05, 4.69) is 4.98 Å². The number of aliphatic hydroxyl groups excluding tert-OH is 1. The van der Waals surface area contributed by atoms with Crippen LogP contribution in [0.1, 0.15) is 28.2 Å². The summed E-state index contributed by atoms with van der Waals surface area (Å²) in [5, 5.41) is 34.0. The molecule has 7 nitrogen and oxygen atoms in total. The van der Waals surface area contributed by atoms with Gasteiger partial charge in [0.15, 0.2) is 11.2 Å². The van der Waals surface area contributed by atoms with E-state index in [9.17, 15) is 20.1 Å². The molecule has 2 heterocycles. The lowest BCUT2D eigenvalue weighted by atomic mass is 9.70. The second-order valence-electron chi connectivity index (χ2n) is 8.38. The lowest BCUT2D eigenvalue weighted by molar-refractivity contribution is -0.159. The Morgan fingerprint density at radius 3 is 2.41 bits per heavy atom. The quantitative estimate of drug-likeness (QED) is 0.580. The van der Waals surface area contributed by atoms with Crippen LogP contribution in [0.25, 0.3) is 0 Å². The van der Waals surface area contributed by atoms with Crippen LogP contribution in [-0.2, 0) is 16.0 Å². The molecular weight excluding hydrogens is 410 g/mol. The van der Waals surface area contributed by atoms with Gasteiger partial charge >= 0.3 is 5.97 Å². The van der Waals surface area contributed by atoms with Gasteiger partial charge in [0.05, 0.1) is 31.0 Å². The summed E-state index contributed by atoms with van der Waals surface area (Å²) in [5.41, 5.74) is -1.34. The fraction of sp³-hybridized carbons (Fsp3) is 0.280. The van der Waals surface area contributed by atoms with Crippen LogP contribution in [0.5, 0.6) is 11.5 Å². The van der Waals surface area contributed by atoms with Gasteiger partial charge in [-0.1, -0.05) is 60.2 Å². The Morgan fingerprint density at radius 1 is 1.09 bits per heavy atom. The van der Waals surface area contributed by atoms with E-state index >= 15 is 0 Å². The molecule has 1 saturated carbocycles. The molecule has 0 radical (unpaired) electrons. The molecule has 1 fully saturated rings. The number of nitrogens with zero attached hydrogens (tertiary/aromatic N) is 1. The first-order chi connectivity index (χ1) is 15.4. The molecule has 2 aliphatic rings. The molecule has 5 rings (SSSR count). The molecule has 1 aliphatic heterocycles. The van der Waals surface area contributed by atoms with Crippen LogP contribution in [0, 0.1) is 12.8 Å². The fourth-order valence-electron chi connectivity index (χ4n) is 5.47. The highest BCUT2D eigenvalue weighted by molar-refractivity contribution is 5.76. The van der Waals surface area contributed by atoms with Gasteiger partial charge in [-0.15, -0.1) is 0 Å². The van der Waals surface area contributed by atoms with Crippen molar-refractivity contribution in [2.75, 3.05) is 7.11 Å². The molecule has 0 spiro atoms. The zero-order valence-corrected chi connectivity index (χ0v) is 17.6. The molecule has 0 bridgehead atoms. The number of methoxy groups -OCH3 is 1. The fourth-order valence-corrected chi connectivity index (χ4v) is 5.47. The van der Waals surface area contributed by atoms with Crippen LogP contribution < -0.4 is 9.47 Å². The van der Waals surface area contributed by atoms with Crippen molar-refractivity contribution in [1.29, 1.82) is 0 Å². The average molecular weight is 433 g/mol. The van der Waals surface area contributed by atoms with Crippen molar-refractivity contribution in [2.45, 2.75) is 30.1 Å². The van der Waals surface area contributed by atoms with Crippen molar-refractivity contribution in [3.63, 3.8) is 0 Å². The molecule has 3 N–H and O–H groups in total. The summed E-state index contributed by atoms with van der Waals surface area (Å²) >= 11 is 0. The minimum Gasteiger partial charge on any atom is -0.495 e. The Bertz CT molecular complexity index is 1180. The van der Waals surface area contributed by atoms with Crippen LogP contribution >= 0.6 is 0 Å². The summed E-state index contributed by atoms with van der Waals surface area (Å²) in [7, 11) is 1.43. The highest BCUT2D eigenvalue weighted by atomic mass is 16.5. The first-order valence-electron chi connectivity index (χ1n) is 10.3. The van der Waals surface area contributed by atoms with Crippen LogP contribution in [-0.4, -0.2) is 39.5 Å². The average Bonchev–Trinajstić information content (AvgIpc) is 3.18. The zero-order valence-electron chi connectivity index (χ0n) is 17.6. The van der Waals surface area contributed by atoms with E-state index in [1.807, 2.05) is 25.1 Å². The van der Waals surface area contributed by atoms with Gasteiger partial charge < -0.3 is 24.8 Å². The summed E-state index contributed by atoms with van der Waals surface area (Å²) in [6.07, 6.45) is 1.20. The molecule has 3 aromatic rings. The van der Waals surface area contributed by atoms with E-state index in [1.54, 1.807) is 36.4 Å². The SMILES string of the molecule is COc1cncc2c1C1(O)C(O)C(C(=O)O)C(c3ccccc3)C1(c1ccc(C)cc1)O2. The van der Waals surface area contributed by atoms with E-state index in [-0.39, 0.29) is 17.1 Å². The van der Waals surface area contributed by atoms with Crippen molar-refractivity contribution in [3.05, 3.63) is 89.2 Å². The highest BCUT2D eigenvalue weighted by Gasteiger charge is 2.78. The number of carboxylic acid groups (broad SMARTS) is 1. The number of aryl methyl sites for hydroxylation is 1. The van der Waals surface area contributed by atoms with E-state index in [1.165, 1.54) is 19.5 Å². The Balaban J connectivity index is 1.89. The van der Waals surface area contributed by atoms with Gasteiger partial charge in [-0.25, -0.2) is 0 Å². The van der Waals surface area contributed by atoms with Gasteiger partial charge in [0.1, 0.15) is 17.6 Å². The maximum atomic E-state index is 12.5. The van der Waals surface area contributed by atoms with Gasteiger partial charge in [0.2, 0.25) is 0 Å². The predicted molar refractivity (Wildman–Crippen MR) is 114 cm³/mol. The van der Waals surface area contributed by atoms with E-state index in [0.29, 0.717) is 11.1 Å². The number of aliphatic hydroxyl groups is 2. The smallest absolute Gasteiger partial charge is 0.310 e. The predicted octanol–water partition coefficient (Wildman–Crippen LogP) is 2.73. The molecule has 0 amide bonds. The summed E-state index contributed by atoms with van der Waals surface area (Å²) < 4.78 is 11.9. The third-order valence-electron chi connectivity index (χ3n) is 6.80. The van der Waals surface area contributed by atoms with Gasteiger partial charge in [-0.2, -0.15) is 0 Å². The Kier molecular flexibility index (Phi) is 4.51. The maximum absolute atomic E-state index is 12.5. The minimum atomic E-state index is -2.10. The normalized spacial score (nSPS) is 30.3. The Morgan fingerprint density at radius 2 is 1.78 bits per heavy atom. The van der Waals surface area contributed by atoms with Crippen molar-refractivity contribution < 1.29 is 29.6 Å².